The van der Waals surface area contributed by atoms with E-state index in [1.807, 2.05) is 24.3 Å². The molecule has 0 radical (unpaired) electrons. The highest BCUT2D eigenvalue weighted by Gasteiger charge is 2.34. The molecule has 1 aromatic heterocycles. The number of unbranched alkanes of at least 4 members (excludes halogenated alkanes) is 1. The smallest absolute Gasteiger partial charge is 0.416 e. The lowest BCUT2D eigenvalue weighted by atomic mass is 10.1. The normalized spacial score (nSPS) is 19.3. The molecule has 0 unspecified atom stereocenters. The van der Waals surface area contributed by atoms with E-state index in [1.54, 1.807) is 12.4 Å². The van der Waals surface area contributed by atoms with Gasteiger partial charge in [-0.3, -0.25) is 14.7 Å². The number of esters is 1. The van der Waals surface area contributed by atoms with Crippen LogP contribution in [0.15, 0.2) is 65.8 Å². The summed E-state index contributed by atoms with van der Waals surface area (Å²) >= 11 is 0. The zero-order valence-electron chi connectivity index (χ0n) is 19.2. The summed E-state index contributed by atoms with van der Waals surface area (Å²) in [6, 6.07) is 6.73. The minimum absolute atomic E-state index is 0.0614. The third-order valence-corrected chi connectivity index (χ3v) is 7.25. The first kappa shape index (κ1) is 26.8. The van der Waals surface area contributed by atoms with E-state index >= 15 is 0 Å². The molecule has 0 bridgehead atoms. The largest absolute Gasteiger partial charge is 0.469 e. The first-order chi connectivity index (χ1) is 16.6. The van der Waals surface area contributed by atoms with Gasteiger partial charge in [0.1, 0.15) is 0 Å². The molecule has 190 valence electrons. The van der Waals surface area contributed by atoms with Crippen molar-refractivity contribution in [1.29, 1.82) is 0 Å². The molecule has 7 nitrogen and oxygen atoms in total. The number of carbonyl (C=O) groups is 1. The standard InChI is InChI=1S/C24H28F3N3O4S/c1-34-23(31)8-4-2-3-7-21-14-20(17-30(21)16-18-6-5-13-28-15-18)29-35(32,33)22-11-9-19(10-12-22)24(25,26)27/h3,5-7,9-13,15,20-21,29H,2,4,8,14,16-17H2,1H3/t20-,21-/m1/s1. The number of sulfonamides is 1. The summed E-state index contributed by atoms with van der Waals surface area (Å²) < 4.78 is 71.4. The van der Waals surface area contributed by atoms with Gasteiger partial charge in [0.05, 0.1) is 17.6 Å². The molecular weight excluding hydrogens is 483 g/mol. The molecule has 0 aliphatic carbocycles. The Hall–Kier alpha value is -2.76. The molecule has 0 saturated carbocycles. The molecule has 1 aliphatic heterocycles. The predicted octanol–water partition coefficient (Wildman–Crippen LogP) is 3.92. The summed E-state index contributed by atoms with van der Waals surface area (Å²) in [7, 11) is -2.65. The lowest BCUT2D eigenvalue weighted by Gasteiger charge is -2.21. The SMILES string of the molecule is COC(=O)CCCC=C[C@@H]1C[C@@H](NS(=O)(=O)c2ccc(C(F)(F)F)cc2)CN1Cc1cccnc1. The number of carbonyl (C=O) groups excluding carboxylic acids is 1. The fraction of sp³-hybridized carbons (Fsp3) is 0.417. The maximum atomic E-state index is 12.8. The maximum absolute atomic E-state index is 12.8. The molecular formula is C24H28F3N3O4S. The minimum atomic E-state index is -4.54. The Morgan fingerprint density at radius 1 is 1.26 bits per heavy atom. The molecule has 3 rings (SSSR count). The number of rotatable bonds is 10. The second kappa shape index (κ2) is 11.8. The Bertz CT molecular complexity index is 1110. The lowest BCUT2D eigenvalue weighted by Crippen LogP contribution is -2.37. The molecule has 0 amide bonds. The lowest BCUT2D eigenvalue weighted by molar-refractivity contribution is -0.140. The van der Waals surface area contributed by atoms with Crippen molar-refractivity contribution in [2.75, 3.05) is 13.7 Å². The van der Waals surface area contributed by atoms with Crippen LogP contribution in [0.1, 0.15) is 36.8 Å². The van der Waals surface area contributed by atoms with E-state index < -0.39 is 27.8 Å². The van der Waals surface area contributed by atoms with Gasteiger partial charge in [-0.2, -0.15) is 13.2 Å². The first-order valence-electron chi connectivity index (χ1n) is 11.1. The van der Waals surface area contributed by atoms with Crippen molar-refractivity contribution in [3.05, 3.63) is 72.1 Å². The van der Waals surface area contributed by atoms with Crippen molar-refractivity contribution in [2.45, 2.75) is 55.4 Å². The van der Waals surface area contributed by atoms with Crippen LogP contribution in [-0.4, -0.2) is 50.0 Å². The summed E-state index contributed by atoms with van der Waals surface area (Å²) in [6.07, 6.45) is 4.98. The molecule has 1 fully saturated rings. The number of benzene rings is 1. The highest BCUT2D eigenvalue weighted by Crippen LogP contribution is 2.30. The number of likely N-dealkylation sites (tertiary alicyclic amines) is 1. The van der Waals surface area contributed by atoms with E-state index in [9.17, 15) is 26.4 Å². The van der Waals surface area contributed by atoms with Crippen molar-refractivity contribution in [3.63, 3.8) is 0 Å². The highest BCUT2D eigenvalue weighted by molar-refractivity contribution is 7.89. The van der Waals surface area contributed by atoms with Crippen LogP contribution < -0.4 is 4.72 Å². The van der Waals surface area contributed by atoms with Gasteiger partial charge in [0, 0.05) is 44.0 Å². The summed E-state index contributed by atoms with van der Waals surface area (Å²) in [4.78, 5) is 17.3. The quantitative estimate of drug-likeness (QED) is 0.296. The van der Waals surface area contributed by atoms with Crippen LogP contribution >= 0.6 is 0 Å². The predicted molar refractivity (Wildman–Crippen MR) is 124 cm³/mol. The number of alkyl halides is 3. The van der Waals surface area contributed by atoms with Crippen LogP contribution in [-0.2, 0) is 32.3 Å². The number of hydrogen-bond acceptors (Lipinski definition) is 6. The van der Waals surface area contributed by atoms with Crippen molar-refractivity contribution < 1.29 is 31.1 Å². The van der Waals surface area contributed by atoms with Crippen molar-refractivity contribution in [1.82, 2.24) is 14.6 Å². The van der Waals surface area contributed by atoms with E-state index in [-0.39, 0.29) is 16.9 Å². The Kier molecular flexibility index (Phi) is 9.03. The van der Waals surface area contributed by atoms with Crippen molar-refractivity contribution in [3.8, 4) is 0 Å². The number of aromatic nitrogens is 1. The van der Waals surface area contributed by atoms with Gasteiger partial charge in [-0.05, 0) is 55.2 Å². The average molecular weight is 512 g/mol. The summed E-state index contributed by atoms with van der Waals surface area (Å²) in [5, 5.41) is 0. The number of pyridine rings is 1. The fourth-order valence-electron chi connectivity index (χ4n) is 3.96. The van der Waals surface area contributed by atoms with Crippen LogP contribution in [0.5, 0.6) is 0 Å². The third-order valence-electron chi connectivity index (χ3n) is 5.71. The first-order valence-corrected chi connectivity index (χ1v) is 12.6. The van der Waals surface area contributed by atoms with Crippen molar-refractivity contribution >= 4 is 16.0 Å². The van der Waals surface area contributed by atoms with Crippen LogP contribution in [0.3, 0.4) is 0 Å². The molecule has 35 heavy (non-hydrogen) atoms. The second-order valence-corrected chi connectivity index (χ2v) is 10.0. The van der Waals surface area contributed by atoms with E-state index in [0.717, 1.165) is 29.8 Å². The molecule has 0 spiro atoms. The number of ether oxygens (including phenoxy) is 1. The molecule has 1 aliphatic rings. The number of nitrogens with zero attached hydrogens (tertiary/aromatic N) is 2. The molecule has 2 atom stereocenters. The average Bonchev–Trinajstić information content (AvgIpc) is 3.18. The summed E-state index contributed by atoms with van der Waals surface area (Å²) in [5.41, 5.74) is 0.0696. The number of allylic oxidation sites excluding steroid dienone is 1. The number of halogens is 3. The van der Waals surface area contributed by atoms with Gasteiger partial charge in [0.25, 0.3) is 0 Å². The Balaban J connectivity index is 1.68. The molecule has 1 aromatic carbocycles. The van der Waals surface area contributed by atoms with Gasteiger partial charge in [-0.25, -0.2) is 13.1 Å². The van der Waals surface area contributed by atoms with Gasteiger partial charge < -0.3 is 4.74 Å². The number of methoxy groups -OCH3 is 1. The van der Waals surface area contributed by atoms with Crippen molar-refractivity contribution in [2.24, 2.45) is 0 Å². The van der Waals surface area contributed by atoms with Gasteiger partial charge in [-0.1, -0.05) is 18.2 Å². The maximum Gasteiger partial charge on any atom is 0.416 e. The monoisotopic (exact) mass is 511 g/mol. The van der Waals surface area contributed by atoms with Gasteiger partial charge in [-0.15, -0.1) is 0 Å². The molecule has 2 heterocycles. The van der Waals surface area contributed by atoms with E-state index in [0.29, 0.717) is 38.8 Å². The Morgan fingerprint density at radius 2 is 2.00 bits per heavy atom. The third kappa shape index (κ3) is 7.87. The summed E-state index contributed by atoms with van der Waals surface area (Å²) in [6.45, 7) is 0.982. The van der Waals surface area contributed by atoms with E-state index in [2.05, 4.69) is 19.3 Å². The van der Waals surface area contributed by atoms with E-state index in [4.69, 9.17) is 0 Å². The molecule has 1 N–H and O–H groups in total. The van der Waals surface area contributed by atoms with Gasteiger partial charge >= 0.3 is 12.1 Å². The summed E-state index contributed by atoms with van der Waals surface area (Å²) in [5.74, 6) is -0.268. The van der Waals surface area contributed by atoms with Gasteiger partial charge in [0.15, 0.2) is 0 Å². The van der Waals surface area contributed by atoms with Crippen LogP contribution in [0.25, 0.3) is 0 Å². The van der Waals surface area contributed by atoms with E-state index in [1.165, 1.54) is 7.11 Å². The molecule has 2 aromatic rings. The van der Waals surface area contributed by atoms with Crippen LogP contribution in [0, 0.1) is 0 Å². The van der Waals surface area contributed by atoms with Gasteiger partial charge in [0.2, 0.25) is 10.0 Å². The van der Waals surface area contributed by atoms with Crippen LogP contribution in [0.4, 0.5) is 13.2 Å². The highest BCUT2D eigenvalue weighted by atomic mass is 32.2. The number of nitrogens with one attached hydrogen (secondary N) is 1. The Labute approximate surface area is 203 Å². The fourth-order valence-corrected chi connectivity index (χ4v) is 5.20. The van der Waals surface area contributed by atoms with Crippen LogP contribution in [0.2, 0.25) is 0 Å². The minimum Gasteiger partial charge on any atom is -0.469 e. The zero-order chi connectivity index (χ0) is 25.5. The Morgan fingerprint density at radius 3 is 2.63 bits per heavy atom. The molecule has 11 heteroatoms. The topological polar surface area (TPSA) is 88.6 Å². The number of hydrogen-bond donors (Lipinski definition) is 1. The zero-order valence-corrected chi connectivity index (χ0v) is 20.1. The second-order valence-electron chi connectivity index (χ2n) is 8.33. The molecule has 1 saturated heterocycles.